The Morgan fingerprint density at radius 1 is 0.370 bits per heavy atom. The Bertz CT molecular complexity index is 2430. The van der Waals surface area contributed by atoms with Gasteiger partial charge in [0.1, 0.15) is 6.67 Å². The van der Waals surface area contributed by atoms with Crippen LogP contribution in [0.1, 0.15) is 0 Å². The Kier molecular flexibility index (Phi) is 8.76. The van der Waals surface area contributed by atoms with Crippen molar-refractivity contribution in [3.63, 3.8) is 0 Å². The molecule has 0 bridgehead atoms. The molecule has 54 heavy (non-hydrogen) atoms. The lowest BCUT2D eigenvalue weighted by Crippen LogP contribution is -2.24. The monoisotopic (exact) mass is 694 g/mol. The largest absolute Gasteiger partial charge is 0.321 e. The Hall–Kier alpha value is -7.17. The van der Waals surface area contributed by atoms with E-state index >= 15 is 0 Å². The third-order valence-corrected chi connectivity index (χ3v) is 10.2. The van der Waals surface area contributed by atoms with Gasteiger partial charge in [0.15, 0.2) is 0 Å². The van der Waals surface area contributed by atoms with Crippen LogP contribution < -0.4 is 14.7 Å². The van der Waals surface area contributed by atoms with E-state index < -0.39 is 0 Å². The number of nitrogens with zero attached hydrogens (tertiary/aromatic N) is 4. The van der Waals surface area contributed by atoms with Gasteiger partial charge in [-0.2, -0.15) is 0 Å². The van der Waals surface area contributed by atoms with Gasteiger partial charge in [0.2, 0.25) is 0 Å². The van der Waals surface area contributed by atoms with E-state index in [-0.39, 0.29) is 0 Å². The van der Waals surface area contributed by atoms with Gasteiger partial charge in [-0.25, -0.2) is 0 Å². The first-order valence-electron chi connectivity index (χ1n) is 18.2. The minimum Gasteiger partial charge on any atom is -0.321 e. The van der Waals surface area contributed by atoms with Crippen molar-refractivity contribution in [3.8, 4) is 33.4 Å². The van der Waals surface area contributed by atoms with Crippen molar-refractivity contribution in [2.45, 2.75) is 0 Å². The maximum absolute atomic E-state index is 4.43. The second kappa shape index (κ2) is 14.5. The standard InChI is InChI=1S/C50H38N4/c1-51-47-19-11-12-20-48(47)53-36-52(43-27-21-40(22-28-43)37-13-5-2-6-14-37)49-34-33-46(35-50(49)53)54(44-29-23-41(24-30-44)38-15-7-3-8-16-38)45-31-25-42(26-32-45)39-17-9-4-10-18-39/h2-35H,1,36H2. The fourth-order valence-corrected chi connectivity index (χ4v) is 7.42. The van der Waals surface area contributed by atoms with Gasteiger partial charge >= 0.3 is 0 Å². The molecule has 9 rings (SSSR count). The van der Waals surface area contributed by atoms with Crippen LogP contribution >= 0.6 is 0 Å². The molecule has 0 aliphatic carbocycles. The lowest BCUT2D eigenvalue weighted by Gasteiger charge is -2.27. The van der Waals surface area contributed by atoms with Crippen LogP contribution in [0, 0.1) is 0 Å². The summed E-state index contributed by atoms with van der Waals surface area (Å²) in [5.74, 6) is 0. The molecule has 0 radical (unpaired) electrons. The van der Waals surface area contributed by atoms with Crippen LogP contribution in [-0.4, -0.2) is 13.4 Å². The van der Waals surface area contributed by atoms with Gasteiger partial charge < -0.3 is 14.7 Å². The third-order valence-electron chi connectivity index (χ3n) is 10.2. The molecule has 8 aromatic rings. The highest BCUT2D eigenvalue weighted by atomic mass is 15.4. The van der Waals surface area contributed by atoms with Gasteiger partial charge in [0.25, 0.3) is 0 Å². The zero-order valence-corrected chi connectivity index (χ0v) is 29.8. The minimum atomic E-state index is 0.632. The fourth-order valence-electron chi connectivity index (χ4n) is 7.42. The van der Waals surface area contributed by atoms with E-state index in [0.29, 0.717) is 6.67 Å². The molecule has 0 spiro atoms. The van der Waals surface area contributed by atoms with Crippen LogP contribution in [0.3, 0.4) is 0 Å². The van der Waals surface area contributed by atoms with Crippen LogP contribution in [0.4, 0.5) is 45.5 Å². The van der Waals surface area contributed by atoms with Gasteiger partial charge in [0, 0.05) is 22.7 Å². The molecule has 0 saturated carbocycles. The summed E-state index contributed by atoms with van der Waals surface area (Å²) in [5, 5.41) is 0. The average Bonchev–Trinajstić information content (AvgIpc) is 3.64. The average molecular weight is 695 g/mol. The number of aliphatic imine (C=N–C) groups is 1. The fraction of sp³-hybridized carbons (Fsp3) is 0.0200. The normalized spacial score (nSPS) is 12.0. The molecule has 1 heterocycles. The molecule has 1 aliphatic rings. The molecule has 0 amide bonds. The van der Waals surface area contributed by atoms with Crippen LogP contribution in [0.25, 0.3) is 33.4 Å². The summed E-state index contributed by atoms with van der Waals surface area (Å²) in [5.41, 5.74) is 15.6. The Morgan fingerprint density at radius 3 is 1.30 bits per heavy atom. The third kappa shape index (κ3) is 6.31. The van der Waals surface area contributed by atoms with Gasteiger partial charge in [-0.3, -0.25) is 4.99 Å². The van der Waals surface area contributed by atoms with Gasteiger partial charge in [-0.1, -0.05) is 140 Å². The predicted octanol–water partition coefficient (Wildman–Crippen LogP) is 13.7. The summed E-state index contributed by atoms with van der Waals surface area (Å²) in [6, 6.07) is 73.2. The number of anilines is 7. The molecular formula is C50H38N4. The summed E-state index contributed by atoms with van der Waals surface area (Å²) >= 11 is 0. The first-order chi connectivity index (χ1) is 26.7. The second-order valence-electron chi connectivity index (χ2n) is 13.4. The Labute approximate surface area is 317 Å². The molecule has 0 fully saturated rings. The molecule has 0 atom stereocenters. The maximum atomic E-state index is 4.43. The molecule has 0 aromatic heterocycles. The summed E-state index contributed by atoms with van der Waals surface area (Å²) in [6.45, 7) is 4.55. The van der Waals surface area contributed by atoms with Crippen LogP contribution in [0.2, 0.25) is 0 Å². The zero-order chi connectivity index (χ0) is 36.3. The van der Waals surface area contributed by atoms with E-state index in [1.54, 1.807) is 0 Å². The first kappa shape index (κ1) is 32.7. The van der Waals surface area contributed by atoms with E-state index in [1.807, 2.05) is 12.1 Å². The maximum Gasteiger partial charge on any atom is 0.100 e. The highest BCUT2D eigenvalue weighted by Crippen LogP contribution is 2.49. The van der Waals surface area contributed by atoms with Crippen LogP contribution in [-0.2, 0) is 0 Å². The second-order valence-corrected chi connectivity index (χ2v) is 13.4. The lowest BCUT2D eigenvalue weighted by molar-refractivity contribution is 0.991. The van der Waals surface area contributed by atoms with Crippen molar-refractivity contribution in [2.24, 2.45) is 4.99 Å². The summed E-state index contributed by atoms with van der Waals surface area (Å²) < 4.78 is 0. The van der Waals surface area contributed by atoms with E-state index in [2.05, 4.69) is 221 Å². The summed E-state index contributed by atoms with van der Waals surface area (Å²) in [6.07, 6.45) is 0. The topological polar surface area (TPSA) is 22.1 Å². The van der Waals surface area contributed by atoms with E-state index in [9.17, 15) is 0 Å². The number of hydrogen-bond acceptors (Lipinski definition) is 4. The van der Waals surface area contributed by atoms with E-state index in [1.165, 1.54) is 33.4 Å². The van der Waals surface area contributed by atoms with Crippen molar-refractivity contribution < 1.29 is 0 Å². The molecule has 0 saturated heterocycles. The number of para-hydroxylation sites is 2. The van der Waals surface area contributed by atoms with E-state index in [0.717, 1.165) is 45.5 Å². The molecule has 4 heteroatoms. The Morgan fingerprint density at radius 2 is 0.796 bits per heavy atom. The van der Waals surface area contributed by atoms with Crippen molar-refractivity contribution >= 4 is 52.2 Å². The SMILES string of the molecule is C=Nc1ccccc1N1CN(c2ccc(-c3ccccc3)cc2)c2ccc(N(c3ccc(-c4ccccc4)cc3)c3ccc(-c4ccccc4)cc3)cc21. The number of hydrogen-bond donors (Lipinski definition) is 0. The highest BCUT2D eigenvalue weighted by molar-refractivity contribution is 5.93. The lowest BCUT2D eigenvalue weighted by atomic mass is 10.0. The number of fused-ring (bicyclic) bond motifs is 1. The molecule has 0 unspecified atom stereocenters. The van der Waals surface area contributed by atoms with Crippen molar-refractivity contribution in [2.75, 3.05) is 21.4 Å². The molecule has 4 nitrogen and oxygen atoms in total. The molecular weight excluding hydrogens is 657 g/mol. The quantitative estimate of drug-likeness (QED) is 0.140. The Balaban J connectivity index is 1.15. The first-order valence-corrected chi connectivity index (χ1v) is 18.2. The molecule has 0 N–H and O–H groups in total. The van der Waals surface area contributed by atoms with Crippen LogP contribution in [0.5, 0.6) is 0 Å². The summed E-state index contributed by atoms with van der Waals surface area (Å²) in [7, 11) is 0. The number of benzene rings is 8. The molecule has 1 aliphatic heterocycles. The summed E-state index contributed by atoms with van der Waals surface area (Å²) in [4.78, 5) is 11.5. The minimum absolute atomic E-state index is 0.632. The van der Waals surface area contributed by atoms with Crippen molar-refractivity contribution in [3.05, 3.63) is 206 Å². The van der Waals surface area contributed by atoms with Gasteiger partial charge in [0.05, 0.1) is 22.7 Å². The van der Waals surface area contributed by atoms with Crippen molar-refractivity contribution in [1.29, 1.82) is 0 Å². The molecule has 258 valence electrons. The van der Waals surface area contributed by atoms with Gasteiger partial charge in [-0.05, 0) is 107 Å². The van der Waals surface area contributed by atoms with Crippen molar-refractivity contribution in [1.82, 2.24) is 0 Å². The number of rotatable bonds is 9. The smallest absolute Gasteiger partial charge is 0.100 e. The molecule has 8 aromatic carbocycles. The van der Waals surface area contributed by atoms with Gasteiger partial charge in [-0.15, -0.1) is 0 Å². The van der Waals surface area contributed by atoms with E-state index in [4.69, 9.17) is 0 Å². The zero-order valence-electron chi connectivity index (χ0n) is 29.8. The van der Waals surface area contributed by atoms with Crippen LogP contribution in [0.15, 0.2) is 211 Å². The predicted molar refractivity (Wildman–Crippen MR) is 229 cm³/mol. The highest BCUT2D eigenvalue weighted by Gasteiger charge is 2.30.